The van der Waals surface area contributed by atoms with E-state index < -0.39 is 24.5 Å². The minimum Gasteiger partial charge on any atom is -0.569 e. The van der Waals surface area contributed by atoms with E-state index in [1.807, 2.05) is 0 Å². The SMILES string of the molecule is CC(C)OC(=O)OC(C)ON=[N+]([O-])N(C)[C@@H](Cc1ccccc1)C(=O)O. The molecule has 26 heavy (non-hydrogen) atoms. The van der Waals surface area contributed by atoms with E-state index in [-0.39, 0.29) is 17.5 Å². The van der Waals surface area contributed by atoms with Crippen LogP contribution in [0.25, 0.3) is 0 Å². The minimum atomic E-state index is -1.20. The normalized spacial score (nSPS) is 13.7. The minimum absolute atomic E-state index is 0.0185. The number of hydrazine groups is 1. The number of hydrogen-bond donors (Lipinski definition) is 1. The third-order valence-corrected chi connectivity index (χ3v) is 3.14. The Morgan fingerprint density at radius 3 is 2.38 bits per heavy atom. The highest BCUT2D eigenvalue weighted by atomic mass is 16.8. The number of nitrogens with zero attached hydrogens (tertiary/aromatic N) is 3. The molecule has 144 valence electrons. The Bertz CT molecular complexity index is 622. The van der Waals surface area contributed by atoms with Crippen LogP contribution in [0.5, 0.6) is 0 Å². The first-order chi connectivity index (χ1) is 12.2. The molecule has 1 unspecified atom stereocenters. The van der Waals surface area contributed by atoms with Crippen LogP contribution in [0.4, 0.5) is 4.79 Å². The molecule has 0 spiro atoms. The first kappa shape index (κ1) is 21.0. The molecule has 0 heterocycles. The Morgan fingerprint density at radius 1 is 1.23 bits per heavy atom. The maximum Gasteiger partial charge on any atom is 0.511 e. The van der Waals surface area contributed by atoms with Crippen LogP contribution in [0.2, 0.25) is 0 Å². The summed E-state index contributed by atoms with van der Waals surface area (Å²) in [7, 11) is 1.26. The zero-order valence-electron chi connectivity index (χ0n) is 15.1. The highest BCUT2D eigenvalue weighted by molar-refractivity contribution is 5.73. The van der Waals surface area contributed by atoms with E-state index in [9.17, 15) is 19.9 Å². The molecule has 10 heteroatoms. The second-order valence-electron chi connectivity index (χ2n) is 5.66. The van der Waals surface area contributed by atoms with Crippen molar-refractivity contribution in [1.82, 2.24) is 5.01 Å². The lowest BCUT2D eigenvalue weighted by Gasteiger charge is -2.20. The molecule has 1 N–H and O–H groups in total. The molecule has 0 aliphatic carbocycles. The van der Waals surface area contributed by atoms with Crippen molar-refractivity contribution in [3.63, 3.8) is 0 Å². The number of carbonyl (C=O) groups excluding carboxylic acids is 1. The summed E-state index contributed by atoms with van der Waals surface area (Å²) in [6.45, 7) is 4.62. The molecule has 1 rings (SSSR count). The van der Waals surface area contributed by atoms with Gasteiger partial charge in [0.25, 0.3) is 6.29 Å². The second kappa shape index (κ2) is 10.1. The molecule has 10 nitrogen and oxygen atoms in total. The predicted molar refractivity (Wildman–Crippen MR) is 88.6 cm³/mol. The van der Waals surface area contributed by atoms with Crippen molar-refractivity contribution < 1.29 is 34.0 Å². The van der Waals surface area contributed by atoms with Crippen LogP contribution in [0.3, 0.4) is 0 Å². The van der Waals surface area contributed by atoms with E-state index in [0.29, 0.717) is 0 Å². The largest absolute Gasteiger partial charge is 0.569 e. The van der Waals surface area contributed by atoms with Gasteiger partial charge in [-0.05, 0) is 19.4 Å². The Hall–Kier alpha value is -3.04. The van der Waals surface area contributed by atoms with Gasteiger partial charge in [0.1, 0.15) is 0 Å². The molecular weight excluding hydrogens is 346 g/mol. The van der Waals surface area contributed by atoms with Crippen LogP contribution in [0.15, 0.2) is 35.6 Å². The summed E-state index contributed by atoms with van der Waals surface area (Å²) < 4.78 is 9.47. The lowest BCUT2D eigenvalue weighted by molar-refractivity contribution is -0.712. The monoisotopic (exact) mass is 369 g/mol. The van der Waals surface area contributed by atoms with Gasteiger partial charge in [-0.25, -0.2) is 9.59 Å². The van der Waals surface area contributed by atoms with Crippen LogP contribution in [0.1, 0.15) is 26.3 Å². The molecule has 0 saturated heterocycles. The number of carboxylic acids is 1. The van der Waals surface area contributed by atoms with Crippen molar-refractivity contribution >= 4 is 12.1 Å². The summed E-state index contributed by atoms with van der Waals surface area (Å²) >= 11 is 0. The Kier molecular flexibility index (Phi) is 8.13. The summed E-state index contributed by atoms with van der Waals surface area (Å²) in [5.41, 5.74) is 0.745. The Balaban J connectivity index is 2.66. The van der Waals surface area contributed by atoms with E-state index in [1.54, 1.807) is 44.2 Å². The van der Waals surface area contributed by atoms with Gasteiger partial charge in [0.2, 0.25) is 5.28 Å². The molecule has 1 aromatic carbocycles. The first-order valence-electron chi connectivity index (χ1n) is 7.91. The smallest absolute Gasteiger partial charge is 0.511 e. The molecule has 2 atom stereocenters. The molecule has 0 radical (unpaired) electrons. The van der Waals surface area contributed by atoms with Crippen LogP contribution >= 0.6 is 0 Å². The van der Waals surface area contributed by atoms with Gasteiger partial charge < -0.3 is 19.8 Å². The number of aliphatic carboxylic acids is 1. The number of carboxylic acid groups (broad SMARTS) is 1. The van der Waals surface area contributed by atoms with Gasteiger partial charge in [-0.15, -0.1) is 5.01 Å². The van der Waals surface area contributed by atoms with E-state index >= 15 is 0 Å². The maximum absolute atomic E-state index is 12.0. The van der Waals surface area contributed by atoms with E-state index in [1.165, 1.54) is 14.0 Å². The molecule has 0 bridgehead atoms. The van der Waals surface area contributed by atoms with E-state index in [2.05, 4.69) is 5.28 Å². The van der Waals surface area contributed by atoms with Crippen LogP contribution in [0, 0.1) is 5.21 Å². The Labute approximate surface area is 151 Å². The van der Waals surface area contributed by atoms with Gasteiger partial charge in [0.15, 0.2) is 6.04 Å². The quantitative estimate of drug-likeness (QED) is 0.231. The number of ether oxygens (including phenoxy) is 2. The zero-order valence-corrected chi connectivity index (χ0v) is 15.1. The van der Waals surface area contributed by atoms with Gasteiger partial charge in [-0.2, -0.15) is 0 Å². The number of benzene rings is 1. The van der Waals surface area contributed by atoms with Crippen LogP contribution in [-0.2, 0) is 25.5 Å². The molecule has 0 aliphatic heterocycles. The van der Waals surface area contributed by atoms with Crippen molar-refractivity contribution in [3.8, 4) is 0 Å². The topological polar surface area (TPSA) is 124 Å². The standard InChI is InChI=1S/C16H23N3O7/c1-11(2)24-16(22)25-12(3)26-17-19(23)18(4)14(15(20)21)10-13-8-6-5-7-9-13/h5-9,11-12,14H,10H2,1-4H3,(H,20,21)/t12?,14-/m0/s1. The number of hydrogen-bond acceptors (Lipinski definition) is 7. The van der Waals surface area contributed by atoms with Crippen molar-refractivity contribution in [2.45, 2.75) is 45.6 Å². The van der Waals surface area contributed by atoms with Gasteiger partial charge in [0, 0.05) is 13.3 Å². The summed E-state index contributed by atoms with van der Waals surface area (Å²) in [5, 5.41) is 25.4. The van der Waals surface area contributed by atoms with Gasteiger partial charge >= 0.3 is 12.1 Å². The second-order valence-corrected chi connectivity index (χ2v) is 5.66. The first-order valence-corrected chi connectivity index (χ1v) is 7.91. The average molecular weight is 369 g/mol. The summed E-state index contributed by atoms with van der Waals surface area (Å²) in [5.74, 6) is -1.20. The van der Waals surface area contributed by atoms with Crippen LogP contribution in [-0.4, -0.2) is 52.7 Å². The molecule has 0 fully saturated rings. The molecule has 1 aromatic rings. The molecule has 0 amide bonds. The van der Waals surface area contributed by atoms with Crippen molar-refractivity contribution in [2.24, 2.45) is 5.28 Å². The van der Waals surface area contributed by atoms with Crippen LogP contribution < -0.4 is 0 Å². The molecule has 0 aromatic heterocycles. The van der Waals surface area contributed by atoms with Crippen molar-refractivity contribution in [3.05, 3.63) is 41.1 Å². The molecule has 0 saturated carbocycles. The predicted octanol–water partition coefficient (Wildman–Crippen LogP) is 2.33. The molecular formula is C16H23N3O7. The molecule has 0 aliphatic rings. The average Bonchev–Trinajstić information content (AvgIpc) is 2.56. The lowest BCUT2D eigenvalue weighted by atomic mass is 10.1. The van der Waals surface area contributed by atoms with Gasteiger partial charge in [-0.3, -0.25) is 4.84 Å². The number of carbonyl (C=O) groups is 2. The third-order valence-electron chi connectivity index (χ3n) is 3.14. The van der Waals surface area contributed by atoms with Gasteiger partial charge in [0.05, 0.1) is 18.1 Å². The maximum atomic E-state index is 12.0. The highest BCUT2D eigenvalue weighted by Crippen LogP contribution is 2.09. The summed E-state index contributed by atoms with van der Waals surface area (Å²) in [4.78, 5) is 27.5. The van der Waals surface area contributed by atoms with Crippen molar-refractivity contribution in [2.75, 3.05) is 7.05 Å². The van der Waals surface area contributed by atoms with E-state index in [4.69, 9.17) is 14.3 Å². The number of rotatable bonds is 9. The fourth-order valence-corrected chi connectivity index (χ4v) is 1.88. The fourth-order valence-electron chi connectivity index (χ4n) is 1.88. The van der Waals surface area contributed by atoms with Gasteiger partial charge in [-0.1, -0.05) is 30.3 Å². The van der Waals surface area contributed by atoms with Crippen molar-refractivity contribution in [1.29, 1.82) is 0 Å². The number of likely N-dealkylation sites (N-methyl/N-ethyl adjacent to an activating group) is 1. The fraction of sp³-hybridized carbons (Fsp3) is 0.500. The lowest BCUT2D eigenvalue weighted by Crippen LogP contribution is -2.44. The van der Waals surface area contributed by atoms with E-state index in [0.717, 1.165) is 10.6 Å². The highest BCUT2D eigenvalue weighted by Gasteiger charge is 2.29. The Morgan fingerprint density at radius 2 is 1.85 bits per heavy atom. The third kappa shape index (κ3) is 7.24. The zero-order chi connectivity index (χ0) is 19.7. The summed E-state index contributed by atoms with van der Waals surface area (Å²) in [6, 6.07) is 7.69. The summed E-state index contributed by atoms with van der Waals surface area (Å²) in [6.07, 6.45) is -2.44.